The van der Waals surface area contributed by atoms with Gasteiger partial charge in [0.1, 0.15) is 0 Å². The van der Waals surface area contributed by atoms with E-state index >= 15 is 0 Å². The summed E-state index contributed by atoms with van der Waals surface area (Å²) >= 11 is 0. The van der Waals surface area contributed by atoms with Gasteiger partial charge >= 0.3 is 0 Å². The smallest absolute Gasteiger partial charge is 0.0499 e. The zero-order chi connectivity index (χ0) is 15.4. The van der Waals surface area contributed by atoms with E-state index in [2.05, 4.69) is 88.6 Å². The molecule has 0 spiro atoms. The predicted molar refractivity (Wildman–Crippen MR) is 93.1 cm³/mol. The fraction of sp³-hybridized carbons (Fsp3) is 0.400. The van der Waals surface area contributed by atoms with Gasteiger partial charge in [-0.25, -0.2) is 0 Å². The summed E-state index contributed by atoms with van der Waals surface area (Å²) in [4.78, 5) is 0. The molecule has 1 heterocycles. The summed E-state index contributed by atoms with van der Waals surface area (Å²) in [6.07, 6.45) is 0. The maximum absolute atomic E-state index is 2.48. The van der Waals surface area contributed by atoms with Crippen LogP contribution in [0.5, 0.6) is 0 Å². The first-order valence-corrected chi connectivity index (χ1v) is 7.74. The molecule has 0 saturated heterocycles. The molecule has 3 rings (SSSR count). The predicted octanol–water partition coefficient (Wildman–Crippen LogP) is 5.85. The van der Waals surface area contributed by atoms with E-state index in [9.17, 15) is 0 Å². The number of rotatable bonds is 0. The van der Waals surface area contributed by atoms with Gasteiger partial charge in [0.15, 0.2) is 0 Å². The van der Waals surface area contributed by atoms with Crippen molar-refractivity contribution in [3.8, 4) is 0 Å². The molecule has 0 unspecified atom stereocenters. The van der Waals surface area contributed by atoms with Gasteiger partial charge in [0.2, 0.25) is 0 Å². The topological polar surface area (TPSA) is 4.93 Å². The fourth-order valence-corrected chi connectivity index (χ4v) is 3.37. The molecule has 0 saturated carbocycles. The Morgan fingerprint density at radius 1 is 0.714 bits per heavy atom. The molecule has 0 radical (unpaired) electrons. The molecule has 3 aromatic rings. The molecular weight excluding hydrogens is 254 g/mol. The summed E-state index contributed by atoms with van der Waals surface area (Å²) in [6.45, 7) is 13.7. The Balaban J connectivity index is 2.59. The third-order valence-electron chi connectivity index (χ3n) is 4.18. The van der Waals surface area contributed by atoms with Crippen LogP contribution >= 0.6 is 0 Å². The highest BCUT2D eigenvalue weighted by molar-refractivity contribution is 6.10. The first-order chi connectivity index (χ1) is 9.71. The number of para-hydroxylation sites is 1. The Bertz CT molecular complexity index is 807. The van der Waals surface area contributed by atoms with Crippen LogP contribution in [0.4, 0.5) is 0 Å². The average molecular weight is 279 g/mol. The minimum atomic E-state index is 0.0673. The van der Waals surface area contributed by atoms with Gasteiger partial charge in [0.05, 0.1) is 0 Å². The van der Waals surface area contributed by atoms with Crippen LogP contribution in [0.15, 0.2) is 42.5 Å². The van der Waals surface area contributed by atoms with Crippen molar-refractivity contribution >= 4 is 21.8 Å². The molecule has 0 fully saturated rings. The summed E-state index contributed by atoms with van der Waals surface area (Å²) < 4.78 is 2.48. The van der Waals surface area contributed by atoms with Gasteiger partial charge in [-0.3, -0.25) is 0 Å². The minimum absolute atomic E-state index is 0.0673. The zero-order valence-electron chi connectivity index (χ0n) is 14.0. The lowest BCUT2D eigenvalue weighted by Crippen LogP contribution is -2.21. The normalized spacial score (nSPS) is 13.2. The maximum atomic E-state index is 2.48. The highest BCUT2D eigenvalue weighted by atomic mass is 15.0. The molecular formula is C20H25N. The average Bonchev–Trinajstić information content (AvgIpc) is 2.71. The number of nitrogens with zero attached hydrogens (tertiary/aromatic N) is 1. The maximum Gasteiger partial charge on any atom is 0.0499 e. The van der Waals surface area contributed by atoms with E-state index < -0.39 is 0 Å². The van der Waals surface area contributed by atoms with Crippen molar-refractivity contribution in [3.05, 3.63) is 48.0 Å². The van der Waals surface area contributed by atoms with E-state index in [0.29, 0.717) is 0 Å². The van der Waals surface area contributed by atoms with Crippen molar-refractivity contribution in [1.29, 1.82) is 0 Å². The SMILES string of the molecule is CC(C)(C)c1cccc2c1c1ccccc1n2C(C)(C)C. The van der Waals surface area contributed by atoms with Crippen molar-refractivity contribution in [3.63, 3.8) is 0 Å². The lowest BCUT2D eigenvalue weighted by molar-refractivity contribution is 0.423. The van der Waals surface area contributed by atoms with Gasteiger partial charge in [-0.1, -0.05) is 51.1 Å². The van der Waals surface area contributed by atoms with Crippen LogP contribution in [-0.4, -0.2) is 4.57 Å². The van der Waals surface area contributed by atoms with Gasteiger partial charge < -0.3 is 4.57 Å². The van der Waals surface area contributed by atoms with Crippen molar-refractivity contribution in [2.45, 2.75) is 52.5 Å². The molecule has 0 N–H and O–H groups in total. The summed E-state index contributed by atoms with van der Waals surface area (Å²) in [7, 11) is 0. The quantitative estimate of drug-likeness (QED) is 0.486. The zero-order valence-corrected chi connectivity index (χ0v) is 14.0. The molecule has 0 atom stereocenters. The number of hydrogen-bond acceptors (Lipinski definition) is 0. The fourth-order valence-electron chi connectivity index (χ4n) is 3.37. The third-order valence-corrected chi connectivity index (χ3v) is 4.18. The van der Waals surface area contributed by atoms with Crippen LogP contribution in [0.3, 0.4) is 0 Å². The molecule has 0 amide bonds. The lowest BCUT2D eigenvalue weighted by atomic mass is 9.84. The number of hydrogen-bond donors (Lipinski definition) is 0. The van der Waals surface area contributed by atoms with Gasteiger partial charge in [-0.2, -0.15) is 0 Å². The van der Waals surface area contributed by atoms with Gasteiger partial charge in [0.25, 0.3) is 0 Å². The number of fused-ring (bicyclic) bond motifs is 3. The van der Waals surface area contributed by atoms with Crippen LogP contribution in [-0.2, 0) is 11.0 Å². The molecule has 1 heteroatoms. The molecule has 110 valence electrons. The van der Waals surface area contributed by atoms with Crippen molar-refractivity contribution < 1.29 is 0 Å². The molecule has 0 aliphatic carbocycles. The van der Waals surface area contributed by atoms with E-state index in [4.69, 9.17) is 0 Å². The molecule has 1 aromatic heterocycles. The Morgan fingerprint density at radius 3 is 1.95 bits per heavy atom. The first-order valence-electron chi connectivity index (χ1n) is 7.74. The van der Waals surface area contributed by atoms with Crippen molar-refractivity contribution in [1.82, 2.24) is 4.57 Å². The second-order valence-corrected chi connectivity index (χ2v) is 7.97. The van der Waals surface area contributed by atoms with Crippen molar-refractivity contribution in [2.75, 3.05) is 0 Å². The standard InChI is InChI=1S/C20H25N/c1-19(2,3)15-11-9-13-17-18(15)14-10-7-8-12-16(14)21(17)20(4,5)6/h7-13H,1-6H3. The minimum Gasteiger partial charge on any atom is -0.335 e. The molecule has 1 nitrogen and oxygen atoms in total. The van der Waals surface area contributed by atoms with Crippen LogP contribution in [0, 0.1) is 0 Å². The number of benzene rings is 2. The van der Waals surface area contributed by atoms with Crippen molar-refractivity contribution in [2.24, 2.45) is 0 Å². The van der Waals surface area contributed by atoms with E-state index in [1.54, 1.807) is 0 Å². The van der Waals surface area contributed by atoms with Gasteiger partial charge in [-0.15, -0.1) is 0 Å². The van der Waals surface area contributed by atoms with Gasteiger partial charge in [-0.05, 0) is 43.9 Å². The van der Waals surface area contributed by atoms with Crippen LogP contribution in [0.25, 0.3) is 21.8 Å². The van der Waals surface area contributed by atoms with Crippen LogP contribution in [0.2, 0.25) is 0 Å². The van der Waals surface area contributed by atoms with E-state index in [0.717, 1.165) is 0 Å². The Kier molecular flexibility index (Phi) is 2.95. The van der Waals surface area contributed by atoms with E-state index in [1.165, 1.54) is 27.4 Å². The van der Waals surface area contributed by atoms with E-state index in [-0.39, 0.29) is 11.0 Å². The number of aromatic nitrogens is 1. The van der Waals surface area contributed by atoms with Crippen LogP contribution in [0.1, 0.15) is 47.1 Å². The monoisotopic (exact) mass is 279 g/mol. The summed E-state index contributed by atoms with van der Waals surface area (Å²) in [5, 5.41) is 2.78. The Hall–Kier alpha value is -1.76. The Labute approximate surface area is 127 Å². The first kappa shape index (κ1) is 14.2. The Morgan fingerprint density at radius 2 is 1.33 bits per heavy atom. The van der Waals surface area contributed by atoms with E-state index in [1.807, 2.05) is 0 Å². The molecule has 0 aliphatic heterocycles. The molecule has 0 aliphatic rings. The summed E-state index contributed by atoms with van der Waals surface area (Å²) in [5.74, 6) is 0. The second-order valence-electron chi connectivity index (χ2n) is 7.97. The highest BCUT2D eigenvalue weighted by Crippen LogP contribution is 2.39. The lowest BCUT2D eigenvalue weighted by Gasteiger charge is -2.25. The molecule has 21 heavy (non-hydrogen) atoms. The summed E-state index contributed by atoms with van der Waals surface area (Å²) in [6, 6.07) is 15.5. The van der Waals surface area contributed by atoms with Crippen LogP contribution < -0.4 is 0 Å². The third kappa shape index (κ3) is 2.16. The molecule has 0 bridgehead atoms. The molecule has 2 aromatic carbocycles. The highest BCUT2D eigenvalue weighted by Gasteiger charge is 2.24. The van der Waals surface area contributed by atoms with Gasteiger partial charge in [0, 0.05) is 27.3 Å². The summed E-state index contributed by atoms with van der Waals surface area (Å²) in [5.41, 5.74) is 4.32. The largest absolute Gasteiger partial charge is 0.335 e. The second kappa shape index (κ2) is 4.37.